The molecule has 0 spiro atoms. The highest BCUT2D eigenvalue weighted by Crippen LogP contribution is 2.20. The molecule has 5 N–H and O–H groups in total. The molecule has 0 aliphatic carbocycles. The average molecular weight is 391 g/mol. The second-order valence-electron chi connectivity index (χ2n) is 7.02. The highest BCUT2D eigenvalue weighted by atomic mass is 16.5. The number of nitrogens with one attached hydrogen (secondary N) is 3. The van der Waals surface area contributed by atoms with Crippen molar-refractivity contribution in [3.05, 3.63) is 60.3 Å². The lowest BCUT2D eigenvalue weighted by atomic mass is 10.1. The molecule has 8 heteroatoms. The van der Waals surface area contributed by atoms with E-state index in [1.165, 1.54) is 6.21 Å². The summed E-state index contributed by atoms with van der Waals surface area (Å²) in [7, 11) is 0. The molecular formula is C21H25N7O. The summed E-state index contributed by atoms with van der Waals surface area (Å²) in [6, 6.07) is 8.01. The fourth-order valence-electron chi connectivity index (χ4n) is 3.29. The molecule has 1 fully saturated rings. The van der Waals surface area contributed by atoms with Crippen LogP contribution in [0.4, 0.5) is 11.5 Å². The molecule has 3 aromatic rings. The van der Waals surface area contributed by atoms with Crippen LogP contribution in [0.5, 0.6) is 0 Å². The van der Waals surface area contributed by atoms with Crippen LogP contribution in [0.1, 0.15) is 24.1 Å². The largest absolute Gasteiger partial charge is 0.396 e. The van der Waals surface area contributed by atoms with Gasteiger partial charge in [-0.25, -0.2) is 9.97 Å². The van der Waals surface area contributed by atoms with Crippen LogP contribution in [0.2, 0.25) is 0 Å². The Labute approximate surface area is 169 Å². The lowest BCUT2D eigenvalue weighted by Gasteiger charge is -2.22. The molecule has 0 amide bonds. The van der Waals surface area contributed by atoms with Gasteiger partial charge in [-0.1, -0.05) is 6.07 Å². The number of imidazole rings is 1. The monoisotopic (exact) mass is 391 g/mol. The van der Waals surface area contributed by atoms with E-state index in [1.54, 1.807) is 6.20 Å². The Morgan fingerprint density at radius 3 is 2.97 bits per heavy atom. The fourth-order valence-corrected chi connectivity index (χ4v) is 3.29. The van der Waals surface area contributed by atoms with E-state index < -0.39 is 0 Å². The summed E-state index contributed by atoms with van der Waals surface area (Å²) in [4.78, 5) is 8.89. The lowest BCUT2D eigenvalue weighted by molar-refractivity contribution is 0.0812. The van der Waals surface area contributed by atoms with Crippen molar-refractivity contribution in [1.29, 1.82) is 5.41 Å². The predicted octanol–water partition coefficient (Wildman–Crippen LogP) is 2.68. The van der Waals surface area contributed by atoms with Gasteiger partial charge in [-0.15, -0.1) is 0 Å². The topological polar surface area (TPSA) is 113 Å². The molecule has 0 atom stereocenters. The number of hydrogen-bond donors (Lipinski definition) is 4. The van der Waals surface area contributed by atoms with E-state index in [9.17, 15) is 0 Å². The maximum absolute atomic E-state index is 7.78. The van der Waals surface area contributed by atoms with E-state index in [0.29, 0.717) is 35.4 Å². The number of fused-ring (bicyclic) bond motifs is 1. The highest BCUT2D eigenvalue weighted by molar-refractivity contribution is 6.07. The van der Waals surface area contributed by atoms with Crippen molar-refractivity contribution in [2.24, 2.45) is 0 Å². The second-order valence-corrected chi connectivity index (χ2v) is 7.02. The molecule has 1 saturated heterocycles. The van der Waals surface area contributed by atoms with E-state index in [0.717, 1.165) is 37.3 Å². The van der Waals surface area contributed by atoms with Crippen LogP contribution in [0.3, 0.4) is 0 Å². The number of hydrogen-bond acceptors (Lipinski definition) is 7. The van der Waals surface area contributed by atoms with Gasteiger partial charge >= 0.3 is 0 Å². The number of rotatable bonds is 7. The number of nitrogens with two attached hydrogens (primary N) is 1. The quantitative estimate of drug-likeness (QED) is 0.461. The Hall–Kier alpha value is -3.39. The minimum atomic E-state index is 0.364. The van der Waals surface area contributed by atoms with Crippen LogP contribution in [0, 0.1) is 5.41 Å². The third kappa shape index (κ3) is 4.55. The summed E-state index contributed by atoms with van der Waals surface area (Å²) < 4.78 is 7.36. The number of ether oxygens (including phenoxy) is 1. The normalized spacial score (nSPS) is 15.4. The second kappa shape index (κ2) is 8.74. The molecule has 0 radical (unpaired) electrons. The molecule has 29 heavy (non-hydrogen) atoms. The molecule has 1 aliphatic heterocycles. The zero-order valence-electron chi connectivity index (χ0n) is 16.1. The van der Waals surface area contributed by atoms with Crippen LogP contribution in [-0.4, -0.2) is 39.8 Å². The van der Waals surface area contributed by atoms with Gasteiger partial charge in [0.2, 0.25) is 0 Å². The Morgan fingerprint density at radius 1 is 1.28 bits per heavy atom. The van der Waals surface area contributed by atoms with Crippen molar-refractivity contribution in [3.8, 4) is 0 Å². The average Bonchev–Trinajstić information content (AvgIpc) is 3.23. The summed E-state index contributed by atoms with van der Waals surface area (Å²) in [6.07, 6.45) is 10.8. The van der Waals surface area contributed by atoms with Gasteiger partial charge in [-0.3, -0.25) is 0 Å². The first kappa shape index (κ1) is 18.9. The molecule has 0 unspecified atom stereocenters. The van der Waals surface area contributed by atoms with Crippen LogP contribution in [0.15, 0.2) is 49.1 Å². The number of pyridine rings is 2. The third-order valence-electron chi connectivity index (χ3n) is 4.98. The van der Waals surface area contributed by atoms with Crippen molar-refractivity contribution >= 4 is 28.9 Å². The number of nitrogens with zero attached hydrogens (tertiary/aromatic N) is 3. The van der Waals surface area contributed by atoms with E-state index >= 15 is 0 Å². The van der Waals surface area contributed by atoms with E-state index in [1.807, 2.05) is 47.3 Å². The smallest absolute Gasteiger partial charge is 0.150 e. The standard InChI is InChI=1S/C21H25N7O/c22-11-16(13-25-17-5-9-29-10-6-17)19-3-2-18(23)21(27-19)26-12-15-1-4-20-24-7-8-28(20)14-15/h1-4,7-8,11,13-14,17,22,25H,5-6,9-10,12,23H2,(H,26,27)/b16-13+,22-11?. The van der Waals surface area contributed by atoms with Crippen molar-refractivity contribution < 1.29 is 4.74 Å². The van der Waals surface area contributed by atoms with Crippen molar-refractivity contribution in [3.63, 3.8) is 0 Å². The summed E-state index contributed by atoms with van der Waals surface area (Å²) >= 11 is 0. The van der Waals surface area contributed by atoms with Gasteiger partial charge < -0.3 is 30.9 Å². The maximum Gasteiger partial charge on any atom is 0.150 e. The molecule has 8 nitrogen and oxygen atoms in total. The zero-order valence-corrected chi connectivity index (χ0v) is 16.1. The first-order valence-electron chi connectivity index (χ1n) is 9.70. The van der Waals surface area contributed by atoms with Crippen molar-refractivity contribution in [1.82, 2.24) is 19.7 Å². The minimum Gasteiger partial charge on any atom is -0.396 e. The van der Waals surface area contributed by atoms with Gasteiger partial charge in [0, 0.05) is 62.4 Å². The summed E-state index contributed by atoms with van der Waals surface area (Å²) in [5, 5.41) is 14.5. The minimum absolute atomic E-state index is 0.364. The van der Waals surface area contributed by atoms with Gasteiger partial charge in [0.05, 0.1) is 11.4 Å². The Bertz CT molecular complexity index is 1020. The SMILES string of the molecule is N=C/C(=C\NC1CCOCC1)c1ccc(N)c(NCc2ccc3nccn3c2)n1. The van der Waals surface area contributed by atoms with Gasteiger partial charge in [0.15, 0.2) is 0 Å². The van der Waals surface area contributed by atoms with Gasteiger partial charge in [-0.05, 0) is 36.6 Å². The molecule has 3 aromatic heterocycles. The molecule has 0 bridgehead atoms. The van der Waals surface area contributed by atoms with Gasteiger partial charge in [0.1, 0.15) is 11.5 Å². The third-order valence-corrected chi connectivity index (χ3v) is 4.98. The number of aromatic nitrogens is 3. The summed E-state index contributed by atoms with van der Waals surface area (Å²) in [5.74, 6) is 0.604. The summed E-state index contributed by atoms with van der Waals surface area (Å²) in [5.41, 5.74) is 10.1. The Kier molecular flexibility index (Phi) is 5.71. The number of anilines is 2. The zero-order chi connectivity index (χ0) is 20.1. The highest BCUT2D eigenvalue weighted by Gasteiger charge is 2.12. The first-order chi connectivity index (χ1) is 14.2. The predicted molar refractivity (Wildman–Crippen MR) is 115 cm³/mol. The van der Waals surface area contributed by atoms with E-state index in [-0.39, 0.29) is 0 Å². The van der Waals surface area contributed by atoms with E-state index in [4.69, 9.17) is 15.9 Å². The molecule has 4 rings (SSSR count). The van der Waals surface area contributed by atoms with Crippen LogP contribution in [0.25, 0.3) is 11.2 Å². The first-order valence-corrected chi connectivity index (χ1v) is 9.70. The van der Waals surface area contributed by atoms with Crippen LogP contribution >= 0.6 is 0 Å². The molecule has 150 valence electrons. The molecular weight excluding hydrogens is 366 g/mol. The Morgan fingerprint density at radius 2 is 2.14 bits per heavy atom. The van der Waals surface area contributed by atoms with Crippen LogP contribution in [-0.2, 0) is 11.3 Å². The summed E-state index contributed by atoms with van der Waals surface area (Å²) in [6.45, 7) is 2.12. The van der Waals surface area contributed by atoms with Gasteiger partial charge in [0.25, 0.3) is 0 Å². The maximum atomic E-state index is 7.78. The van der Waals surface area contributed by atoms with Crippen LogP contribution < -0.4 is 16.4 Å². The Balaban J connectivity index is 1.47. The fraction of sp³-hybridized carbons (Fsp3) is 0.286. The number of nitrogen functional groups attached to an aromatic ring is 1. The molecule has 4 heterocycles. The molecule has 0 aromatic carbocycles. The molecule has 0 saturated carbocycles. The van der Waals surface area contributed by atoms with E-state index in [2.05, 4.69) is 20.6 Å². The van der Waals surface area contributed by atoms with Crippen molar-refractivity contribution in [2.45, 2.75) is 25.4 Å². The van der Waals surface area contributed by atoms with Gasteiger partial charge in [-0.2, -0.15) is 0 Å². The lowest BCUT2D eigenvalue weighted by Crippen LogP contribution is -2.31. The van der Waals surface area contributed by atoms with Crippen molar-refractivity contribution in [2.75, 3.05) is 24.3 Å². The number of allylic oxidation sites excluding steroid dienone is 1. The molecule has 1 aliphatic rings.